The van der Waals surface area contributed by atoms with Crippen LogP contribution in [0.5, 0.6) is 0 Å². The third-order valence-electron chi connectivity index (χ3n) is 3.44. The Morgan fingerprint density at radius 2 is 0.875 bits per heavy atom. The standard InChI is InChI=1S/C16H16P2.3C2H6/c17-9-11-1-5-15-13(7-11)3-4-14-8-12(10-18)2-6-16(14)15;3*1-2/h1-8H,9-10,17-18H2;3*1-2H3. The summed E-state index contributed by atoms with van der Waals surface area (Å²) in [6, 6.07) is 18.0. The Morgan fingerprint density at radius 1 is 0.542 bits per heavy atom. The number of benzene rings is 3. The van der Waals surface area contributed by atoms with Gasteiger partial charge in [0.2, 0.25) is 0 Å². The van der Waals surface area contributed by atoms with Crippen LogP contribution in [-0.2, 0) is 12.3 Å². The molecule has 2 unspecified atom stereocenters. The summed E-state index contributed by atoms with van der Waals surface area (Å²) in [5.74, 6) is 0. The Bertz CT molecular complexity index is 655. The molecule has 3 aromatic carbocycles. The van der Waals surface area contributed by atoms with E-state index >= 15 is 0 Å². The summed E-state index contributed by atoms with van der Waals surface area (Å²) in [4.78, 5) is 0. The van der Waals surface area contributed by atoms with Crippen molar-refractivity contribution in [2.75, 3.05) is 0 Å². The van der Waals surface area contributed by atoms with Crippen LogP contribution in [0.1, 0.15) is 52.7 Å². The van der Waals surface area contributed by atoms with Crippen LogP contribution in [0.4, 0.5) is 0 Å². The second-order valence-corrected chi connectivity index (χ2v) is 5.40. The largest absolute Gasteiger partial charge is 0.133 e. The molecular weight excluding hydrogens is 326 g/mol. The first-order chi connectivity index (χ1) is 11.8. The van der Waals surface area contributed by atoms with Gasteiger partial charge in [-0.2, -0.15) is 0 Å². The van der Waals surface area contributed by atoms with Gasteiger partial charge in [0.05, 0.1) is 0 Å². The minimum atomic E-state index is 1.01. The van der Waals surface area contributed by atoms with Crippen LogP contribution in [0.2, 0.25) is 0 Å². The minimum Gasteiger partial charge on any atom is -0.133 e. The van der Waals surface area contributed by atoms with E-state index in [-0.39, 0.29) is 0 Å². The van der Waals surface area contributed by atoms with E-state index in [2.05, 4.69) is 67.0 Å². The molecule has 3 rings (SSSR count). The fourth-order valence-corrected chi connectivity index (χ4v) is 2.93. The van der Waals surface area contributed by atoms with Crippen molar-refractivity contribution in [1.82, 2.24) is 0 Å². The molecule has 0 fully saturated rings. The van der Waals surface area contributed by atoms with E-state index in [1.807, 2.05) is 41.5 Å². The van der Waals surface area contributed by atoms with E-state index in [9.17, 15) is 0 Å². The summed E-state index contributed by atoms with van der Waals surface area (Å²) in [6.07, 6.45) is 2.03. The Kier molecular flexibility index (Phi) is 12.8. The zero-order valence-corrected chi connectivity index (χ0v) is 18.5. The molecule has 0 bridgehead atoms. The maximum Gasteiger partial charge on any atom is -0.0105 e. The van der Waals surface area contributed by atoms with Gasteiger partial charge >= 0.3 is 0 Å². The molecule has 0 aliphatic carbocycles. The molecule has 0 nitrogen and oxygen atoms in total. The van der Waals surface area contributed by atoms with E-state index in [1.54, 1.807) is 0 Å². The zero-order valence-electron chi connectivity index (χ0n) is 16.2. The van der Waals surface area contributed by atoms with Crippen molar-refractivity contribution in [3.8, 4) is 0 Å². The average molecular weight is 360 g/mol. The molecule has 0 amide bonds. The Morgan fingerprint density at radius 3 is 1.17 bits per heavy atom. The van der Waals surface area contributed by atoms with Crippen LogP contribution in [0.25, 0.3) is 21.5 Å². The fourth-order valence-electron chi connectivity index (χ4n) is 2.42. The molecule has 0 saturated carbocycles. The smallest absolute Gasteiger partial charge is 0.0105 e. The van der Waals surface area contributed by atoms with E-state index in [1.165, 1.54) is 32.7 Å². The molecule has 0 aliphatic rings. The highest BCUT2D eigenvalue weighted by Gasteiger charge is 2.02. The van der Waals surface area contributed by atoms with Crippen molar-refractivity contribution < 1.29 is 0 Å². The van der Waals surface area contributed by atoms with Crippen molar-refractivity contribution in [3.63, 3.8) is 0 Å². The van der Waals surface area contributed by atoms with Crippen molar-refractivity contribution in [1.29, 1.82) is 0 Å². The molecule has 24 heavy (non-hydrogen) atoms. The molecule has 3 aromatic rings. The van der Waals surface area contributed by atoms with Gasteiger partial charge in [-0.25, -0.2) is 0 Å². The molecule has 0 saturated heterocycles. The maximum atomic E-state index is 2.78. The molecule has 0 aromatic heterocycles. The topological polar surface area (TPSA) is 0 Å². The van der Waals surface area contributed by atoms with Crippen LogP contribution >= 0.6 is 18.5 Å². The van der Waals surface area contributed by atoms with Crippen LogP contribution < -0.4 is 0 Å². The molecule has 2 atom stereocenters. The number of rotatable bonds is 2. The number of hydrogen-bond donors (Lipinski definition) is 0. The second kappa shape index (κ2) is 13.3. The van der Waals surface area contributed by atoms with Crippen molar-refractivity contribution in [3.05, 3.63) is 59.7 Å². The SMILES string of the molecule is CC.CC.CC.PCc1ccc2c(ccc3cc(CP)ccc32)c1. The van der Waals surface area contributed by atoms with E-state index < -0.39 is 0 Å². The van der Waals surface area contributed by atoms with Crippen LogP contribution in [0.3, 0.4) is 0 Å². The van der Waals surface area contributed by atoms with Gasteiger partial charge in [-0.05, 0) is 45.0 Å². The Labute approximate surface area is 153 Å². The van der Waals surface area contributed by atoms with Crippen LogP contribution in [0.15, 0.2) is 48.5 Å². The summed E-state index contributed by atoms with van der Waals surface area (Å²) in [6.45, 7) is 12.0. The molecule has 0 radical (unpaired) electrons. The predicted octanol–water partition coefficient (Wildman–Crippen LogP) is 7.82. The first-order valence-corrected chi connectivity index (χ1v) is 10.8. The fraction of sp³-hybridized carbons (Fsp3) is 0.364. The molecule has 0 aliphatic heterocycles. The maximum absolute atomic E-state index is 2.78. The number of fused-ring (bicyclic) bond motifs is 3. The summed E-state index contributed by atoms with van der Waals surface area (Å²) in [5, 5.41) is 5.37. The summed E-state index contributed by atoms with van der Waals surface area (Å²) >= 11 is 0. The minimum absolute atomic E-state index is 1.01. The van der Waals surface area contributed by atoms with Gasteiger partial charge in [0.25, 0.3) is 0 Å². The highest BCUT2D eigenvalue weighted by Crippen LogP contribution is 2.28. The quantitative estimate of drug-likeness (QED) is 0.323. The van der Waals surface area contributed by atoms with Gasteiger partial charge < -0.3 is 0 Å². The van der Waals surface area contributed by atoms with Gasteiger partial charge in [-0.3, -0.25) is 0 Å². The monoisotopic (exact) mass is 360 g/mol. The average Bonchev–Trinajstić information content (AvgIpc) is 2.71. The van der Waals surface area contributed by atoms with Gasteiger partial charge in [-0.1, -0.05) is 90.1 Å². The van der Waals surface area contributed by atoms with Gasteiger partial charge in [0.1, 0.15) is 0 Å². The summed E-state index contributed by atoms with van der Waals surface area (Å²) in [7, 11) is 5.57. The van der Waals surface area contributed by atoms with Gasteiger partial charge in [0, 0.05) is 0 Å². The Balaban J connectivity index is 0.000000798. The molecule has 0 N–H and O–H groups in total. The van der Waals surface area contributed by atoms with Crippen LogP contribution in [-0.4, -0.2) is 0 Å². The van der Waals surface area contributed by atoms with E-state index in [4.69, 9.17) is 0 Å². The first kappa shape index (κ1) is 23.0. The third kappa shape index (κ3) is 5.84. The van der Waals surface area contributed by atoms with Gasteiger partial charge in [0.15, 0.2) is 0 Å². The molecule has 0 spiro atoms. The van der Waals surface area contributed by atoms with Crippen molar-refractivity contribution in [2.24, 2.45) is 0 Å². The van der Waals surface area contributed by atoms with Crippen molar-refractivity contribution in [2.45, 2.75) is 53.9 Å². The lowest BCUT2D eigenvalue weighted by atomic mass is 9.99. The summed E-state index contributed by atoms with van der Waals surface area (Å²) < 4.78 is 0. The molecular formula is C22H34P2. The zero-order chi connectivity index (χ0) is 18.5. The molecule has 132 valence electrons. The highest BCUT2D eigenvalue weighted by molar-refractivity contribution is 7.15. The predicted molar refractivity (Wildman–Crippen MR) is 122 cm³/mol. The second-order valence-electron chi connectivity index (χ2n) is 4.58. The van der Waals surface area contributed by atoms with Crippen LogP contribution in [0, 0.1) is 0 Å². The van der Waals surface area contributed by atoms with Crippen molar-refractivity contribution >= 4 is 40.0 Å². The highest BCUT2D eigenvalue weighted by atomic mass is 31.0. The normalized spacial score (nSPS) is 9.17. The lowest BCUT2D eigenvalue weighted by Crippen LogP contribution is -1.83. The first-order valence-electron chi connectivity index (χ1n) is 9.16. The third-order valence-corrected chi connectivity index (χ3v) is 4.38. The van der Waals surface area contributed by atoms with E-state index in [0.29, 0.717) is 0 Å². The van der Waals surface area contributed by atoms with Gasteiger partial charge in [-0.15, -0.1) is 18.5 Å². The lowest BCUT2D eigenvalue weighted by Gasteiger charge is -2.07. The number of hydrogen-bond acceptors (Lipinski definition) is 0. The van der Waals surface area contributed by atoms with E-state index in [0.717, 1.165) is 12.3 Å². The molecule has 2 heteroatoms. The summed E-state index contributed by atoms with van der Waals surface area (Å²) in [5.41, 5.74) is 2.74. The lowest BCUT2D eigenvalue weighted by molar-refractivity contribution is 1.44. The Hall–Kier alpha value is -0.960. The molecule has 0 heterocycles.